The van der Waals surface area contributed by atoms with E-state index in [1.807, 2.05) is 12.1 Å². The Hall–Kier alpha value is -2.19. The Morgan fingerprint density at radius 1 is 1.00 bits per heavy atom. The van der Waals surface area contributed by atoms with Crippen molar-refractivity contribution in [3.63, 3.8) is 0 Å². The van der Waals surface area contributed by atoms with E-state index in [1.54, 1.807) is 28.4 Å². The molecule has 0 saturated carbocycles. The summed E-state index contributed by atoms with van der Waals surface area (Å²) in [7, 11) is 6.69. The van der Waals surface area contributed by atoms with Gasteiger partial charge in [0.15, 0.2) is 17.5 Å². The number of aliphatic imine (C=N–C) groups is 1. The number of guanidine groups is 1. The standard InChI is InChI=1S/C23H40N4O4/c1-7-17(8-2)19(27-9-11-31-12-10-27)16-26-23(24-3)25-15-18-13-21(29-5)22(30-6)14-20(18)28-4/h13-14,17,19H,7-12,15-16H2,1-6H3,(H2,24,25,26). The lowest BCUT2D eigenvalue weighted by Crippen LogP contribution is -2.53. The Morgan fingerprint density at radius 3 is 2.16 bits per heavy atom. The van der Waals surface area contributed by atoms with Crippen LogP contribution in [0.25, 0.3) is 0 Å². The highest BCUT2D eigenvalue weighted by Gasteiger charge is 2.27. The molecular formula is C23H40N4O4. The maximum Gasteiger partial charge on any atom is 0.191 e. The molecule has 1 fully saturated rings. The summed E-state index contributed by atoms with van der Waals surface area (Å²) < 4.78 is 21.9. The van der Waals surface area contributed by atoms with Crippen LogP contribution in [0, 0.1) is 5.92 Å². The quantitative estimate of drug-likeness (QED) is 0.408. The van der Waals surface area contributed by atoms with Gasteiger partial charge < -0.3 is 29.6 Å². The van der Waals surface area contributed by atoms with Gasteiger partial charge >= 0.3 is 0 Å². The van der Waals surface area contributed by atoms with Crippen molar-refractivity contribution >= 4 is 5.96 Å². The first kappa shape index (κ1) is 25.1. The van der Waals surface area contributed by atoms with E-state index in [1.165, 1.54) is 0 Å². The van der Waals surface area contributed by atoms with E-state index in [0.717, 1.165) is 63.0 Å². The van der Waals surface area contributed by atoms with Crippen LogP contribution in [0.15, 0.2) is 17.1 Å². The predicted molar refractivity (Wildman–Crippen MR) is 125 cm³/mol. The summed E-state index contributed by atoms with van der Waals surface area (Å²) >= 11 is 0. The number of nitrogens with one attached hydrogen (secondary N) is 2. The summed E-state index contributed by atoms with van der Waals surface area (Å²) in [5.41, 5.74) is 0.966. The fourth-order valence-electron chi connectivity index (χ4n) is 4.17. The fraction of sp³-hybridized carbons (Fsp3) is 0.696. The summed E-state index contributed by atoms with van der Waals surface area (Å²) in [6.07, 6.45) is 2.32. The third kappa shape index (κ3) is 6.90. The number of rotatable bonds is 11. The van der Waals surface area contributed by atoms with Gasteiger partial charge in [0.2, 0.25) is 0 Å². The molecule has 0 radical (unpaired) electrons. The maximum absolute atomic E-state index is 5.56. The molecule has 8 heteroatoms. The van der Waals surface area contributed by atoms with Crippen molar-refractivity contribution in [1.29, 1.82) is 0 Å². The average Bonchev–Trinajstić information content (AvgIpc) is 2.83. The molecule has 1 aromatic rings. The number of ether oxygens (including phenoxy) is 4. The second-order valence-corrected chi connectivity index (χ2v) is 7.62. The Balaban J connectivity index is 2.04. The summed E-state index contributed by atoms with van der Waals surface area (Å²) in [5, 5.41) is 6.94. The fourth-order valence-corrected chi connectivity index (χ4v) is 4.17. The number of methoxy groups -OCH3 is 3. The lowest BCUT2D eigenvalue weighted by atomic mass is 9.92. The van der Waals surface area contributed by atoms with Crippen LogP contribution < -0.4 is 24.8 Å². The molecule has 31 heavy (non-hydrogen) atoms. The lowest BCUT2D eigenvalue weighted by Gasteiger charge is -2.39. The first-order valence-corrected chi connectivity index (χ1v) is 11.2. The monoisotopic (exact) mass is 436 g/mol. The number of benzene rings is 1. The third-order valence-electron chi connectivity index (χ3n) is 6.04. The van der Waals surface area contributed by atoms with Crippen molar-refractivity contribution in [3.05, 3.63) is 17.7 Å². The maximum atomic E-state index is 5.56. The zero-order valence-corrected chi connectivity index (χ0v) is 20.0. The first-order chi connectivity index (χ1) is 15.1. The topological polar surface area (TPSA) is 76.6 Å². The molecule has 176 valence electrons. The molecule has 8 nitrogen and oxygen atoms in total. The third-order valence-corrected chi connectivity index (χ3v) is 6.04. The number of hydrogen-bond donors (Lipinski definition) is 2. The van der Waals surface area contributed by atoms with E-state index in [9.17, 15) is 0 Å². The Bertz CT molecular complexity index is 688. The highest BCUT2D eigenvalue weighted by molar-refractivity contribution is 5.79. The average molecular weight is 437 g/mol. The summed E-state index contributed by atoms with van der Waals surface area (Å²) in [5.74, 6) is 3.45. The van der Waals surface area contributed by atoms with Crippen LogP contribution in [0.5, 0.6) is 17.2 Å². The zero-order chi connectivity index (χ0) is 22.6. The van der Waals surface area contributed by atoms with E-state index in [4.69, 9.17) is 18.9 Å². The van der Waals surface area contributed by atoms with Gasteiger partial charge in [0.25, 0.3) is 0 Å². The molecule has 1 aromatic carbocycles. The van der Waals surface area contributed by atoms with E-state index >= 15 is 0 Å². The predicted octanol–water partition coefficient (Wildman–Crippen LogP) is 2.51. The van der Waals surface area contributed by atoms with Gasteiger partial charge in [-0.15, -0.1) is 0 Å². The molecule has 2 N–H and O–H groups in total. The summed E-state index contributed by atoms with van der Waals surface area (Å²) in [4.78, 5) is 6.97. The normalized spacial score (nSPS) is 16.2. The summed E-state index contributed by atoms with van der Waals surface area (Å²) in [6, 6.07) is 4.22. The van der Waals surface area contributed by atoms with Gasteiger partial charge in [0, 0.05) is 50.9 Å². The molecule has 0 aromatic heterocycles. The van der Waals surface area contributed by atoms with Crippen molar-refractivity contribution < 1.29 is 18.9 Å². The van der Waals surface area contributed by atoms with Crippen molar-refractivity contribution in [3.8, 4) is 17.2 Å². The van der Waals surface area contributed by atoms with E-state index in [-0.39, 0.29) is 0 Å². The van der Waals surface area contributed by atoms with Gasteiger partial charge in [-0.05, 0) is 12.0 Å². The minimum absolute atomic E-state index is 0.452. The zero-order valence-electron chi connectivity index (χ0n) is 20.0. The van der Waals surface area contributed by atoms with Gasteiger partial charge in [0.1, 0.15) is 5.75 Å². The molecule has 1 aliphatic heterocycles. The van der Waals surface area contributed by atoms with Crippen LogP contribution in [-0.4, -0.2) is 78.1 Å². The highest BCUT2D eigenvalue weighted by atomic mass is 16.5. The molecule has 2 rings (SSSR count). The molecule has 1 aliphatic rings. The molecular weight excluding hydrogens is 396 g/mol. The van der Waals surface area contributed by atoms with Crippen LogP contribution in [0.1, 0.15) is 32.3 Å². The second-order valence-electron chi connectivity index (χ2n) is 7.62. The SMILES string of the molecule is CCC(CC)C(CNC(=NC)NCc1cc(OC)c(OC)cc1OC)N1CCOCC1. The van der Waals surface area contributed by atoms with Gasteiger partial charge in [-0.2, -0.15) is 0 Å². The first-order valence-electron chi connectivity index (χ1n) is 11.2. The molecule has 0 amide bonds. The van der Waals surface area contributed by atoms with Crippen LogP contribution in [-0.2, 0) is 11.3 Å². The lowest BCUT2D eigenvalue weighted by molar-refractivity contribution is 0.00272. The van der Waals surface area contributed by atoms with E-state index in [0.29, 0.717) is 30.0 Å². The molecule has 1 unspecified atom stereocenters. The minimum Gasteiger partial charge on any atom is -0.496 e. The largest absolute Gasteiger partial charge is 0.496 e. The minimum atomic E-state index is 0.452. The molecule has 0 aliphatic carbocycles. The Kier molecular flexibility index (Phi) is 10.7. The number of nitrogens with zero attached hydrogens (tertiary/aromatic N) is 2. The molecule has 0 bridgehead atoms. The van der Waals surface area contributed by atoms with Crippen LogP contribution in [0.2, 0.25) is 0 Å². The highest BCUT2D eigenvalue weighted by Crippen LogP contribution is 2.34. The van der Waals surface area contributed by atoms with E-state index in [2.05, 4.69) is 34.4 Å². The number of hydrogen-bond acceptors (Lipinski definition) is 6. The van der Waals surface area contributed by atoms with Gasteiger partial charge in [-0.3, -0.25) is 9.89 Å². The molecule has 0 spiro atoms. The Labute approximate surface area is 187 Å². The van der Waals surface area contributed by atoms with Gasteiger partial charge in [-0.1, -0.05) is 26.7 Å². The smallest absolute Gasteiger partial charge is 0.191 e. The van der Waals surface area contributed by atoms with Gasteiger partial charge in [-0.25, -0.2) is 0 Å². The van der Waals surface area contributed by atoms with Crippen molar-refractivity contribution in [2.75, 3.05) is 61.2 Å². The van der Waals surface area contributed by atoms with Crippen LogP contribution in [0.4, 0.5) is 0 Å². The Morgan fingerprint density at radius 2 is 1.61 bits per heavy atom. The molecule has 1 atom stereocenters. The van der Waals surface area contributed by atoms with Crippen LogP contribution >= 0.6 is 0 Å². The van der Waals surface area contributed by atoms with E-state index < -0.39 is 0 Å². The van der Waals surface area contributed by atoms with Crippen molar-refractivity contribution in [1.82, 2.24) is 15.5 Å². The molecule has 1 heterocycles. The van der Waals surface area contributed by atoms with Crippen LogP contribution in [0.3, 0.4) is 0 Å². The van der Waals surface area contributed by atoms with Crippen molar-refractivity contribution in [2.45, 2.75) is 39.3 Å². The molecule has 1 saturated heterocycles. The van der Waals surface area contributed by atoms with Crippen molar-refractivity contribution in [2.24, 2.45) is 10.9 Å². The van der Waals surface area contributed by atoms with Gasteiger partial charge in [0.05, 0.1) is 34.5 Å². The summed E-state index contributed by atoms with van der Waals surface area (Å²) in [6.45, 7) is 9.53. The second kappa shape index (κ2) is 13.3. The number of morpholine rings is 1.